The summed E-state index contributed by atoms with van der Waals surface area (Å²) in [6.07, 6.45) is 3.11. The van der Waals surface area contributed by atoms with E-state index in [1.165, 1.54) is 12.1 Å². The predicted octanol–water partition coefficient (Wildman–Crippen LogP) is 1.14. The molecule has 1 aliphatic rings. The van der Waals surface area contributed by atoms with Crippen LogP contribution in [0.1, 0.15) is 17.5 Å². The number of hydrogen-bond donors (Lipinski definition) is 2. The lowest BCUT2D eigenvalue weighted by atomic mass is 9.94. The van der Waals surface area contributed by atoms with Crippen LogP contribution in [0.5, 0.6) is 0 Å². The first-order valence-corrected chi connectivity index (χ1v) is 5.84. The van der Waals surface area contributed by atoms with Crippen molar-refractivity contribution in [2.45, 2.75) is 11.4 Å². The van der Waals surface area contributed by atoms with Crippen molar-refractivity contribution in [1.29, 1.82) is 0 Å². The molecule has 0 radical (unpaired) electrons. The third-order valence-corrected chi connectivity index (χ3v) is 3.74. The van der Waals surface area contributed by atoms with E-state index in [1.54, 1.807) is 24.3 Å². The first kappa shape index (κ1) is 10.4. The average molecular weight is 226 g/mol. The zero-order valence-electron chi connectivity index (χ0n) is 7.79. The van der Waals surface area contributed by atoms with E-state index in [2.05, 4.69) is 0 Å². The fraction of sp³-hybridized carbons (Fsp3) is 0.200. The van der Waals surface area contributed by atoms with Gasteiger partial charge in [0.2, 0.25) is 4.93 Å². The average Bonchev–Trinajstić information content (AvgIpc) is 2.17. The molecule has 0 heterocycles. The van der Waals surface area contributed by atoms with Crippen LogP contribution in [0, 0.1) is 0 Å². The molecule has 4 nitrogen and oxygen atoms in total. The van der Waals surface area contributed by atoms with E-state index in [0.717, 1.165) is 0 Å². The molecule has 0 bridgehead atoms. The van der Waals surface area contributed by atoms with Gasteiger partial charge in [0, 0.05) is 12.0 Å². The molecule has 80 valence electrons. The topological polar surface area (TPSA) is 74.6 Å². The van der Waals surface area contributed by atoms with Gasteiger partial charge in [-0.3, -0.25) is 4.55 Å². The Labute approximate surface area is 87.6 Å². The lowest BCUT2D eigenvalue weighted by molar-refractivity contribution is 0.114. The predicted molar refractivity (Wildman–Crippen MR) is 55.5 cm³/mol. The summed E-state index contributed by atoms with van der Waals surface area (Å²) in [5.74, 6) is 0. The zero-order valence-corrected chi connectivity index (χ0v) is 8.61. The molecule has 0 aliphatic heterocycles. The van der Waals surface area contributed by atoms with Gasteiger partial charge in [0.1, 0.15) is 0 Å². The van der Waals surface area contributed by atoms with Crippen molar-refractivity contribution in [3.63, 3.8) is 0 Å². The molecule has 0 saturated carbocycles. The van der Waals surface area contributed by atoms with Crippen molar-refractivity contribution in [1.82, 2.24) is 0 Å². The van der Waals surface area contributed by atoms with Gasteiger partial charge in [-0.1, -0.05) is 36.4 Å². The number of rotatable bonds is 1. The molecule has 1 aliphatic carbocycles. The molecule has 15 heavy (non-hydrogen) atoms. The monoisotopic (exact) mass is 226 g/mol. The second-order valence-corrected chi connectivity index (χ2v) is 5.08. The number of fused-ring (bicyclic) bond motifs is 1. The van der Waals surface area contributed by atoms with Gasteiger partial charge in [0.15, 0.2) is 0 Å². The van der Waals surface area contributed by atoms with Crippen molar-refractivity contribution >= 4 is 16.2 Å². The molecule has 2 N–H and O–H groups in total. The largest absolute Gasteiger partial charge is 0.369 e. The van der Waals surface area contributed by atoms with E-state index < -0.39 is 15.1 Å². The first-order chi connectivity index (χ1) is 6.95. The standard InChI is InChI=1S/C10H10O4S/c11-10(15(12,13)14)7-3-5-8-4-1-2-6-9(8)10/h1-6,11H,7H2,(H,12,13,14). The summed E-state index contributed by atoms with van der Waals surface area (Å²) >= 11 is 0. The minimum atomic E-state index is -4.53. The summed E-state index contributed by atoms with van der Waals surface area (Å²) in [4.78, 5) is -2.21. The molecule has 0 saturated heterocycles. The van der Waals surface area contributed by atoms with E-state index >= 15 is 0 Å². The molecule has 0 fully saturated rings. The number of hydrogen-bond acceptors (Lipinski definition) is 3. The summed E-state index contributed by atoms with van der Waals surface area (Å²) in [5, 5.41) is 9.97. The molecule has 2 rings (SSSR count). The minimum Gasteiger partial charge on any atom is -0.369 e. The van der Waals surface area contributed by atoms with Crippen LogP contribution in [0.3, 0.4) is 0 Å². The normalized spacial score (nSPS) is 24.9. The summed E-state index contributed by atoms with van der Waals surface area (Å²) in [6, 6.07) is 6.53. The van der Waals surface area contributed by atoms with Crippen molar-refractivity contribution in [2.75, 3.05) is 0 Å². The van der Waals surface area contributed by atoms with Crippen molar-refractivity contribution in [3.05, 3.63) is 41.5 Å². The van der Waals surface area contributed by atoms with Crippen LogP contribution in [0.2, 0.25) is 0 Å². The Hall–Kier alpha value is -1.17. The summed E-state index contributed by atoms with van der Waals surface area (Å²) in [6.45, 7) is 0. The Morgan fingerprint density at radius 2 is 1.93 bits per heavy atom. The van der Waals surface area contributed by atoms with Crippen LogP contribution in [0.15, 0.2) is 30.3 Å². The molecule has 1 aromatic carbocycles. The lowest BCUT2D eigenvalue weighted by Crippen LogP contribution is -2.36. The third-order valence-electron chi connectivity index (χ3n) is 2.50. The lowest BCUT2D eigenvalue weighted by Gasteiger charge is -2.28. The smallest absolute Gasteiger partial charge is 0.299 e. The summed E-state index contributed by atoms with van der Waals surface area (Å²) in [7, 11) is -4.53. The van der Waals surface area contributed by atoms with Gasteiger partial charge in [-0.2, -0.15) is 8.42 Å². The van der Waals surface area contributed by atoms with Crippen LogP contribution in [0.25, 0.3) is 6.08 Å². The second-order valence-electron chi connectivity index (χ2n) is 3.45. The van der Waals surface area contributed by atoms with Gasteiger partial charge in [-0.25, -0.2) is 0 Å². The van der Waals surface area contributed by atoms with Crippen LogP contribution < -0.4 is 0 Å². The number of benzene rings is 1. The van der Waals surface area contributed by atoms with Gasteiger partial charge < -0.3 is 5.11 Å². The van der Waals surface area contributed by atoms with E-state index in [1.807, 2.05) is 0 Å². The van der Waals surface area contributed by atoms with Gasteiger partial charge >= 0.3 is 0 Å². The second kappa shape index (κ2) is 3.16. The van der Waals surface area contributed by atoms with Gasteiger partial charge in [-0.05, 0) is 5.56 Å². The highest BCUT2D eigenvalue weighted by Crippen LogP contribution is 2.37. The fourth-order valence-electron chi connectivity index (χ4n) is 1.70. The third kappa shape index (κ3) is 1.49. The Morgan fingerprint density at radius 1 is 1.27 bits per heavy atom. The van der Waals surface area contributed by atoms with E-state index in [-0.39, 0.29) is 12.0 Å². The quantitative estimate of drug-likeness (QED) is 0.704. The van der Waals surface area contributed by atoms with Crippen LogP contribution in [0.4, 0.5) is 0 Å². The van der Waals surface area contributed by atoms with E-state index in [0.29, 0.717) is 5.56 Å². The fourth-order valence-corrected chi connectivity index (χ4v) is 2.47. The molecule has 5 heteroatoms. The Balaban J connectivity index is 2.71. The highest BCUT2D eigenvalue weighted by atomic mass is 32.2. The minimum absolute atomic E-state index is 0.136. The maximum Gasteiger partial charge on any atom is 0.299 e. The first-order valence-electron chi connectivity index (χ1n) is 4.40. The van der Waals surface area contributed by atoms with Crippen molar-refractivity contribution in [2.24, 2.45) is 0 Å². The Bertz CT molecular complexity index is 518. The Morgan fingerprint density at radius 3 is 2.60 bits per heavy atom. The molecule has 0 amide bonds. The zero-order chi connectivity index (χ0) is 11.1. The highest BCUT2D eigenvalue weighted by Gasteiger charge is 2.44. The SMILES string of the molecule is O=S(=O)(O)C1(O)CC=Cc2ccccc21. The molecular formula is C10H10O4S. The maximum absolute atomic E-state index is 11.1. The Kier molecular flexibility index (Phi) is 2.18. The van der Waals surface area contributed by atoms with Crippen LogP contribution >= 0.6 is 0 Å². The summed E-state index contributed by atoms with van der Waals surface area (Å²) < 4.78 is 31.3. The van der Waals surface area contributed by atoms with Crippen LogP contribution in [-0.4, -0.2) is 18.1 Å². The maximum atomic E-state index is 11.1. The highest BCUT2D eigenvalue weighted by molar-refractivity contribution is 7.86. The van der Waals surface area contributed by atoms with Crippen molar-refractivity contribution < 1.29 is 18.1 Å². The molecule has 1 atom stereocenters. The van der Waals surface area contributed by atoms with E-state index in [4.69, 9.17) is 4.55 Å². The van der Waals surface area contributed by atoms with Gasteiger partial charge in [-0.15, -0.1) is 0 Å². The van der Waals surface area contributed by atoms with Gasteiger partial charge in [0.25, 0.3) is 10.1 Å². The molecule has 1 unspecified atom stereocenters. The van der Waals surface area contributed by atoms with Crippen molar-refractivity contribution in [3.8, 4) is 0 Å². The van der Waals surface area contributed by atoms with E-state index in [9.17, 15) is 13.5 Å². The van der Waals surface area contributed by atoms with Gasteiger partial charge in [0.05, 0.1) is 0 Å². The molecular weight excluding hydrogens is 216 g/mol. The molecule has 0 spiro atoms. The summed E-state index contributed by atoms with van der Waals surface area (Å²) in [5.41, 5.74) is 0.818. The van der Waals surface area contributed by atoms with Crippen LogP contribution in [-0.2, 0) is 15.1 Å². The molecule has 1 aromatic rings. The number of aliphatic hydroxyl groups is 1. The molecule has 0 aromatic heterocycles.